The van der Waals surface area contributed by atoms with Gasteiger partial charge in [0.1, 0.15) is 5.75 Å². The minimum Gasteiger partial charge on any atom is -0.406 e. The fourth-order valence-electron chi connectivity index (χ4n) is 5.30. The van der Waals surface area contributed by atoms with Crippen LogP contribution in [0.1, 0.15) is 56.1 Å². The summed E-state index contributed by atoms with van der Waals surface area (Å²) >= 11 is 0. The minimum atomic E-state index is -4.68. The largest absolute Gasteiger partial charge is 0.573 e. The van der Waals surface area contributed by atoms with Gasteiger partial charge in [-0.05, 0) is 69.1 Å². The Morgan fingerprint density at radius 1 is 1.25 bits per heavy atom. The second-order valence-corrected chi connectivity index (χ2v) is 9.31. The first-order chi connectivity index (χ1) is 13.0. The molecule has 28 heavy (non-hydrogen) atoms. The predicted octanol–water partition coefficient (Wildman–Crippen LogP) is 4.15. The third kappa shape index (κ3) is 3.73. The van der Waals surface area contributed by atoms with E-state index < -0.39 is 12.0 Å². The van der Waals surface area contributed by atoms with Crippen molar-refractivity contribution in [2.45, 2.75) is 63.8 Å². The van der Waals surface area contributed by atoms with E-state index in [2.05, 4.69) is 4.74 Å². The molecule has 3 fully saturated rings. The molecular weight excluding hydrogens is 371 g/mol. The number of hydrogen-bond donors (Lipinski definition) is 1. The smallest absolute Gasteiger partial charge is 0.406 e. The lowest BCUT2D eigenvalue weighted by atomic mass is 9.69. The third-order valence-electron chi connectivity index (χ3n) is 6.68. The molecule has 0 aromatic heterocycles. The van der Waals surface area contributed by atoms with Crippen molar-refractivity contribution in [1.82, 2.24) is 4.90 Å². The Labute approximate surface area is 162 Å². The Bertz CT molecular complexity index is 776. The van der Waals surface area contributed by atoms with Gasteiger partial charge in [-0.2, -0.15) is 0 Å². The number of alkyl halides is 3. The molecular formula is C21H26F3NO3. The Morgan fingerprint density at radius 3 is 2.50 bits per heavy atom. The zero-order valence-electron chi connectivity index (χ0n) is 16.2. The molecule has 1 amide bonds. The van der Waals surface area contributed by atoms with E-state index in [1.54, 1.807) is 26.0 Å². The molecule has 7 heteroatoms. The van der Waals surface area contributed by atoms with Gasteiger partial charge < -0.3 is 14.7 Å². The van der Waals surface area contributed by atoms with E-state index in [9.17, 15) is 23.1 Å². The van der Waals surface area contributed by atoms with E-state index in [1.807, 2.05) is 4.90 Å². The van der Waals surface area contributed by atoms with E-state index in [0.29, 0.717) is 24.3 Å². The summed E-state index contributed by atoms with van der Waals surface area (Å²) in [4.78, 5) is 14.4. The van der Waals surface area contributed by atoms with Crippen molar-refractivity contribution in [2.24, 2.45) is 11.3 Å². The number of hydrogen-bond acceptors (Lipinski definition) is 3. The SMILES string of the molecule is Cc1cc(C2CCC3(C2)CN(C(=O)[C@H]2C[C@@](C)(O)C2)C3)ccc1OC(F)(F)F. The summed E-state index contributed by atoms with van der Waals surface area (Å²) in [6, 6.07) is 4.93. The summed E-state index contributed by atoms with van der Waals surface area (Å²) in [5.74, 6) is 0.263. The summed E-state index contributed by atoms with van der Waals surface area (Å²) in [5, 5.41) is 9.83. The Balaban J connectivity index is 1.34. The molecule has 1 unspecified atom stereocenters. The van der Waals surface area contributed by atoms with Crippen molar-refractivity contribution < 1.29 is 27.8 Å². The highest BCUT2D eigenvalue weighted by atomic mass is 19.4. The second kappa shape index (κ2) is 6.37. The molecule has 1 heterocycles. The van der Waals surface area contributed by atoms with Crippen LogP contribution in [0, 0.1) is 18.3 Å². The molecule has 4 nitrogen and oxygen atoms in total. The molecule has 1 atom stereocenters. The van der Waals surface area contributed by atoms with Gasteiger partial charge in [-0.3, -0.25) is 4.79 Å². The topological polar surface area (TPSA) is 49.8 Å². The minimum absolute atomic E-state index is 0.0478. The molecule has 2 saturated carbocycles. The molecule has 4 rings (SSSR count). The first-order valence-corrected chi connectivity index (χ1v) is 9.83. The second-order valence-electron chi connectivity index (χ2n) is 9.31. The maximum atomic E-state index is 12.5. The van der Waals surface area contributed by atoms with Crippen LogP contribution in [0.2, 0.25) is 0 Å². The Morgan fingerprint density at radius 2 is 1.93 bits per heavy atom. The Hall–Kier alpha value is -1.76. The maximum absolute atomic E-state index is 12.5. The van der Waals surface area contributed by atoms with Gasteiger partial charge in [0.05, 0.1) is 5.60 Å². The van der Waals surface area contributed by atoms with Gasteiger partial charge in [0.25, 0.3) is 0 Å². The number of carbonyl (C=O) groups is 1. The zero-order chi connectivity index (χ0) is 20.3. The number of benzene rings is 1. The van der Waals surface area contributed by atoms with Gasteiger partial charge >= 0.3 is 6.36 Å². The normalized spacial score (nSPS) is 31.4. The summed E-state index contributed by atoms with van der Waals surface area (Å²) in [7, 11) is 0. The average Bonchev–Trinajstić information content (AvgIpc) is 2.97. The van der Waals surface area contributed by atoms with Crippen LogP contribution >= 0.6 is 0 Å². The number of nitrogens with zero attached hydrogens (tertiary/aromatic N) is 1. The van der Waals surface area contributed by atoms with Crippen LogP contribution in [0.25, 0.3) is 0 Å². The van der Waals surface area contributed by atoms with Gasteiger partial charge in [-0.25, -0.2) is 0 Å². The highest BCUT2D eigenvalue weighted by Crippen LogP contribution is 2.53. The lowest BCUT2D eigenvalue weighted by Crippen LogP contribution is -2.61. The third-order valence-corrected chi connectivity index (χ3v) is 6.68. The van der Waals surface area contributed by atoms with Crippen molar-refractivity contribution in [2.75, 3.05) is 13.1 Å². The number of aliphatic hydroxyl groups is 1. The molecule has 1 aliphatic heterocycles. The predicted molar refractivity (Wildman–Crippen MR) is 96.8 cm³/mol. The van der Waals surface area contributed by atoms with Gasteiger partial charge in [0.2, 0.25) is 5.91 Å². The number of amides is 1. The van der Waals surface area contributed by atoms with Crippen LogP contribution in [0.15, 0.2) is 18.2 Å². The van der Waals surface area contributed by atoms with Gasteiger partial charge in [0.15, 0.2) is 0 Å². The van der Waals surface area contributed by atoms with Crippen molar-refractivity contribution in [3.8, 4) is 5.75 Å². The van der Waals surface area contributed by atoms with Crippen LogP contribution in [0.4, 0.5) is 13.2 Å². The van der Waals surface area contributed by atoms with E-state index in [4.69, 9.17) is 0 Å². The quantitative estimate of drug-likeness (QED) is 0.834. The van der Waals surface area contributed by atoms with Gasteiger partial charge in [-0.1, -0.05) is 12.1 Å². The standard InChI is InChI=1S/C21H26F3NO3/c1-13-7-14(3-4-17(13)28-21(22,23)24)15-5-6-20(10-15)11-25(12-20)18(26)16-8-19(2,27)9-16/h3-4,7,15-16,27H,5-6,8-12H2,1-2H3/t15?,16-,19+. The van der Waals surface area contributed by atoms with Crippen LogP contribution in [-0.2, 0) is 4.79 Å². The average molecular weight is 397 g/mol. The fraction of sp³-hybridized carbons (Fsp3) is 0.667. The van der Waals surface area contributed by atoms with Crippen molar-refractivity contribution in [3.05, 3.63) is 29.3 Å². The molecule has 1 aromatic carbocycles. The molecule has 1 spiro atoms. The highest BCUT2D eigenvalue weighted by Gasteiger charge is 2.53. The lowest BCUT2D eigenvalue weighted by Gasteiger charge is -2.52. The molecule has 0 bridgehead atoms. The van der Waals surface area contributed by atoms with E-state index in [-0.39, 0.29) is 23.0 Å². The fourth-order valence-corrected chi connectivity index (χ4v) is 5.30. The van der Waals surface area contributed by atoms with Crippen molar-refractivity contribution >= 4 is 5.91 Å². The van der Waals surface area contributed by atoms with Crippen LogP contribution < -0.4 is 4.74 Å². The first kappa shape index (κ1) is 19.6. The van der Waals surface area contributed by atoms with E-state index >= 15 is 0 Å². The highest BCUT2D eigenvalue weighted by molar-refractivity contribution is 5.81. The van der Waals surface area contributed by atoms with E-state index in [1.165, 1.54) is 6.07 Å². The van der Waals surface area contributed by atoms with Gasteiger partial charge in [-0.15, -0.1) is 13.2 Å². The molecule has 2 aliphatic carbocycles. The number of rotatable bonds is 3. The molecule has 0 radical (unpaired) electrons. The van der Waals surface area contributed by atoms with E-state index in [0.717, 1.165) is 37.9 Å². The van der Waals surface area contributed by atoms with Crippen molar-refractivity contribution in [3.63, 3.8) is 0 Å². The molecule has 154 valence electrons. The summed E-state index contributed by atoms with van der Waals surface area (Å²) in [6.45, 7) is 4.92. The number of ether oxygens (including phenoxy) is 1. The van der Waals surface area contributed by atoms with Crippen LogP contribution in [0.3, 0.4) is 0 Å². The zero-order valence-corrected chi connectivity index (χ0v) is 16.2. The molecule has 1 N–H and O–H groups in total. The van der Waals surface area contributed by atoms with Crippen LogP contribution in [0.5, 0.6) is 5.75 Å². The van der Waals surface area contributed by atoms with Gasteiger partial charge in [0, 0.05) is 24.4 Å². The number of likely N-dealkylation sites (tertiary alicyclic amines) is 1. The van der Waals surface area contributed by atoms with Crippen molar-refractivity contribution in [1.29, 1.82) is 0 Å². The molecule has 3 aliphatic rings. The van der Waals surface area contributed by atoms with Crippen LogP contribution in [-0.4, -0.2) is 41.0 Å². The maximum Gasteiger partial charge on any atom is 0.573 e. The first-order valence-electron chi connectivity index (χ1n) is 9.83. The number of carbonyl (C=O) groups excluding carboxylic acids is 1. The summed E-state index contributed by atoms with van der Waals surface area (Å²) in [6.07, 6.45) is -0.618. The Kier molecular flexibility index (Phi) is 4.45. The number of halogens is 3. The summed E-state index contributed by atoms with van der Waals surface area (Å²) < 4.78 is 41.4. The molecule has 1 saturated heterocycles. The molecule has 1 aromatic rings. The number of aryl methyl sites for hydroxylation is 1. The monoisotopic (exact) mass is 397 g/mol. The lowest BCUT2D eigenvalue weighted by molar-refractivity contribution is -0.274. The summed E-state index contributed by atoms with van der Waals surface area (Å²) in [5.41, 5.74) is 0.977.